The van der Waals surface area contributed by atoms with Gasteiger partial charge in [-0.3, -0.25) is 4.18 Å². The lowest BCUT2D eigenvalue weighted by molar-refractivity contribution is 0.0883. The third kappa shape index (κ3) is 2.43. The molecule has 0 aliphatic heterocycles. The minimum atomic E-state index is -3.62. The monoisotopic (exact) mass is 280 g/mol. The molecule has 0 amide bonds. The normalized spacial score (nSPS) is 29.8. The Kier molecular flexibility index (Phi) is 3.18. The molecule has 0 unspecified atom stereocenters. The molecule has 0 atom stereocenters. The minimum absolute atomic E-state index is 0.302. The summed E-state index contributed by atoms with van der Waals surface area (Å²) >= 11 is 0. The van der Waals surface area contributed by atoms with Crippen molar-refractivity contribution in [2.45, 2.75) is 55.9 Å². The van der Waals surface area contributed by atoms with Gasteiger partial charge in [0.15, 0.2) is 0 Å². The van der Waals surface area contributed by atoms with E-state index in [-0.39, 0.29) is 0 Å². The highest BCUT2D eigenvalue weighted by Crippen LogP contribution is 2.51. The quantitative estimate of drug-likeness (QED) is 0.795. The second-order valence-corrected chi connectivity index (χ2v) is 7.42. The molecule has 2 saturated carbocycles. The van der Waals surface area contributed by atoms with E-state index in [1.165, 1.54) is 0 Å². The summed E-state index contributed by atoms with van der Waals surface area (Å²) in [5.41, 5.74) is 0.629. The lowest BCUT2D eigenvalue weighted by Crippen LogP contribution is -2.30. The van der Waals surface area contributed by atoms with Gasteiger partial charge in [-0.25, -0.2) is 0 Å². The van der Waals surface area contributed by atoms with Gasteiger partial charge in [-0.15, -0.1) is 0 Å². The first kappa shape index (κ1) is 13.1. The van der Waals surface area contributed by atoms with Crippen molar-refractivity contribution in [3.8, 4) is 0 Å². The van der Waals surface area contributed by atoms with E-state index in [9.17, 15) is 8.42 Å². The molecule has 0 radical (unpaired) electrons. The van der Waals surface area contributed by atoms with Crippen LogP contribution < -0.4 is 0 Å². The summed E-state index contributed by atoms with van der Waals surface area (Å²) in [6.07, 6.45) is 5.76. The number of aryl methyl sites for hydroxylation is 1. The fraction of sp³-hybridized carbons (Fsp3) is 0.600. The average Bonchev–Trinajstić information content (AvgIpc) is 2.98. The maximum atomic E-state index is 12.4. The van der Waals surface area contributed by atoms with E-state index in [0.717, 1.165) is 44.1 Å². The smallest absolute Gasteiger partial charge is 0.260 e. The van der Waals surface area contributed by atoms with E-state index in [0.29, 0.717) is 10.8 Å². The highest BCUT2D eigenvalue weighted by Gasteiger charge is 2.48. The van der Waals surface area contributed by atoms with Gasteiger partial charge in [0.1, 0.15) is 0 Å². The number of rotatable bonds is 4. The zero-order chi connectivity index (χ0) is 13.5. The molecule has 3 rings (SSSR count). The summed E-state index contributed by atoms with van der Waals surface area (Å²) in [5, 5.41) is 0. The first-order valence-corrected chi connectivity index (χ1v) is 8.48. The van der Waals surface area contributed by atoms with Crippen molar-refractivity contribution < 1.29 is 12.6 Å². The van der Waals surface area contributed by atoms with Crippen molar-refractivity contribution in [1.82, 2.24) is 0 Å². The number of benzene rings is 1. The van der Waals surface area contributed by atoms with Crippen LogP contribution in [0, 0.1) is 5.92 Å². The van der Waals surface area contributed by atoms with Crippen molar-refractivity contribution in [3.05, 3.63) is 29.8 Å². The van der Waals surface area contributed by atoms with Gasteiger partial charge >= 0.3 is 0 Å². The second-order valence-electron chi connectivity index (χ2n) is 5.87. The molecule has 1 aromatic carbocycles. The third-order valence-electron chi connectivity index (χ3n) is 4.56. The van der Waals surface area contributed by atoms with Gasteiger partial charge in [0.2, 0.25) is 0 Å². The van der Waals surface area contributed by atoms with E-state index in [1.807, 2.05) is 13.0 Å². The first-order chi connectivity index (χ1) is 9.03. The SMILES string of the molecule is CCc1cccc(S(=O)(=O)OC23CCC(CC2)C3)c1. The predicted octanol–water partition coefficient (Wildman–Crippen LogP) is 3.29. The zero-order valence-corrected chi connectivity index (χ0v) is 12.1. The maximum absolute atomic E-state index is 12.4. The van der Waals surface area contributed by atoms with E-state index in [1.54, 1.807) is 18.2 Å². The fourth-order valence-electron chi connectivity index (χ4n) is 3.46. The van der Waals surface area contributed by atoms with Crippen LogP contribution in [-0.4, -0.2) is 14.0 Å². The van der Waals surface area contributed by atoms with Crippen LogP contribution in [0.25, 0.3) is 0 Å². The van der Waals surface area contributed by atoms with Crippen LogP contribution in [0.3, 0.4) is 0 Å². The topological polar surface area (TPSA) is 43.4 Å². The molecule has 4 heteroatoms. The lowest BCUT2D eigenvalue weighted by atomic mass is 9.98. The van der Waals surface area contributed by atoms with Crippen LogP contribution in [0.1, 0.15) is 44.6 Å². The van der Waals surface area contributed by atoms with Crippen LogP contribution >= 0.6 is 0 Å². The Morgan fingerprint density at radius 3 is 2.63 bits per heavy atom. The molecule has 2 fully saturated rings. The van der Waals surface area contributed by atoms with Gasteiger partial charge in [-0.1, -0.05) is 19.1 Å². The molecule has 2 aliphatic rings. The highest BCUT2D eigenvalue weighted by molar-refractivity contribution is 7.86. The largest absolute Gasteiger partial charge is 0.297 e. The van der Waals surface area contributed by atoms with Crippen molar-refractivity contribution in [3.63, 3.8) is 0 Å². The van der Waals surface area contributed by atoms with Gasteiger partial charge in [-0.2, -0.15) is 8.42 Å². The molecule has 1 aromatic rings. The van der Waals surface area contributed by atoms with E-state index >= 15 is 0 Å². The standard InChI is InChI=1S/C15H20O3S/c1-2-12-4-3-5-14(10-12)19(16,17)18-15-8-6-13(11-15)7-9-15/h3-5,10,13H,2,6-9,11H2,1H3. The van der Waals surface area contributed by atoms with Gasteiger partial charge < -0.3 is 0 Å². The Hall–Kier alpha value is -0.870. The Morgan fingerprint density at radius 2 is 2.05 bits per heavy atom. The Labute approximate surface area is 115 Å². The predicted molar refractivity (Wildman–Crippen MR) is 73.4 cm³/mol. The van der Waals surface area contributed by atoms with Crippen LogP contribution in [0.4, 0.5) is 0 Å². The molecule has 0 heterocycles. The molecule has 3 nitrogen and oxygen atoms in total. The Bertz CT molecular complexity index is 569. The second kappa shape index (κ2) is 4.60. The van der Waals surface area contributed by atoms with E-state index in [4.69, 9.17) is 4.18 Å². The van der Waals surface area contributed by atoms with Crippen molar-refractivity contribution in [2.24, 2.45) is 5.92 Å². The van der Waals surface area contributed by atoms with Crippen LogP contribution in [0.2, 0.25) is 0 Å². The molecule has 19 heavy (non-hydrogen) atoms. The van der Waals surface area contributed by atoms with E-state index < -0.39 is 15.7 Å². The Morgan fingerprint density at radius 1 is 1.32 bits per heavy atom. The average molecular weight is 280 g/mol. The summed E-state index contributed by atoms with van der Waals surface area (Å²) in [6.45, 7) is 2.02. The van der Waals surface area contributed by atoms with Crippen molar-refractivity contribution in [2.75, 3.05) is 0 Å². The minimum Gasteiger partial charge on any atom is -0.260 e. The summed E-state index contributed by atoms with van der Waals surface area (Å²) in [7, 11) is -3.62. The summed E-state index contributed by atoms with van der Waals surface area (Å²) in [6, 6.07) is 7.09. The van der Waals surface area contributed by atoms with Gasteiger partial charge in [0.25, 0.3) is 10.1 Å². The molecule has 0 aromatic heterocycles. The number of fused-ring (bicyclic) bond motifs is 2. The summed E-state index contributed by atoms with van der Waals surface area (Å²) < 4.78 is 30.5. The van der Waals surface area contributed by atoms with E-state index in [2.05, 4.69) is 0 Å². The van der Waals surface area contributed by atoms with Gasteiger partial charge in [-0.05, 0) is 62.1 Å². The molecule has 104 valence electrons. The third-order valence-corrected chi connectivity index (χ3v) is 5.96. The van der Waals surface area contributed by atoms with Crippen LogP contribution in [0.5, 0.6) is 0 Å². The molecule has 0 saturated heterocycles. The molecule has 0 N–H and O–H groups in total. The fourth-order valence-corrected chi connectivity index (χ4v) is 4.79. The van der Waals surface area contributed by atoms with Crippen molar-refractivity contribution in [1.29, 1.82) is 0 Å². The van der Waals surface area contributed by atoms with Crippen molar-refractivity contribution >= 4 is 10.1 Å². The molecule has 2 aliphatic carbocycles. The molecular weight excluding hydrogens is 260 g/mol. The highest BCUT2D eigenvalue weighted by atomic mass is 32.2. The first-order valence-electron chi connectivity index (χ1n) is 7.08. The number of hydrogen-bond acceptors (Lipinski definition) is 3. The van der Waals surface area contributed by atoms with Gasteiger partial charge in [0.05, 0.1) is 10.5 Å². The molecule has 0 spiro atoms. The molecule has 2 bridgehead atoms. The van der Waals surface area contributed by atoms with Crippen LogP contribution in [0.15, 0.2) is 29.2 Å². The maximum Gasteiger partial charge on any atom is 0.297 e. The zero-order valence-electron chi connectivity index (χ0n) is 11.3. The summed E-state index contributed by atoms with van der Waals surface area (Å²) in [4.78, 5) is 0.302. The Balaban J connectivity index is 1.86. The lowest BCUT2D eigenvalue weighted by Gasteiger charge is -2.26. The van der Waals surface area contributed by atoms with Crippen LogP contribution in [-0.2, 0) is 20.7 Å². The molecular formula is C15H20O3S. The number of hydrogen-bond donors (Lipinski definition) is 0. The summed E-state index contributed by atoms with van der Waals surface area (Å²) in [5.74, 6) is 0.678. The van der Waals surface area contributed by atoms with Gasteiger partial charge in [0, 0.05) is 0 Å².